The maximum Gasteiger partial charge on any atom is -1.00 e. The second-order valence-electron chi connectivity index (χ2n) is 6.91. The first kappa shape index (κ1) is 25.6. The summed E-state index contributed by atoms with van der Waals surface area (Å²) in [6.45, 7) is 7.05. The van der Waals surface area contributed by atoms with Gasteiger partial charge in [0.2, 0.25) is 0 Å². The Hall–Kier alpha value is 0.640. The van der Waals surface area contributed by atoms with Crippen molar-refractivity contribution in [2.45, 2.75) is 84.2 Å². The molecule has 0 N–H and O–H groups in total. The van der Waals surface area contributed by atoms with E-state index in [0.717, 1.165) is 0 Å². The molecule has 0 atom stereocenters. The number of hydrogen-bond donors (Lipinski definition) is 0. The second-order valence-corrected chi connectivity index (χ2v) is 22.3. The third kappa shape index (κ3) is 8.04. The molecule has 0 aromatic rings. The fourth-order valence-electron chi connectivity index (χ4n) is 3.67. The van der Waals surface area contributed by atoms with E-state index in [2.05, 4.69) is 51.2 Å². The van der Waals surface area contributed by atoms with Gasteiger partial charge in [-0.05, 0) is 0 Å². The molecule has 0 saturated heterocycles. The summed E-state index contributed by atoms with van der Waals surface area (Å²) < 4.78 is 3.87. The van der Waals surface area contributed by atoms with Gasteiger partial charge in [-0.3, -0.25) is 0 Å². The normalized spacial score (nSPS) is 14.7. The minimum absolute atomic E-state index is 0. The van der Waals surface area contributed by atoms with Gasteiger partial charge in [0.15, 0.2) is 0 Å². The average Bonchev–Trinajstić information content (AvgIpc) is 3.23. The van der Waals surface area contributed by atoms with Gasteiger partial charge in [0.25, 0.3) is 0 Å². The zero-order chi connectivity index (χ0) is 16.5. The van der Waals surface area contributed by atoms with E-state index in [-0.39, 0.29) is 30.2 Å². The predicted molar refractivity (Wildman–Crippen MR) is 103 cm³/mol. The third-order valence-corrected chi connectivity index (χ3v) is 25.2. The molecule has 0 amide bonds. The summed E-state index contributed by atoms with van der Waals surface area (Å²) in [6, 6.07) is 3.18. The Morgan fingerprint density at radius 1 is 0.920 bits per heavy atom. The van der Waals surface area contributed by atoms with Gasteiger partial charge in [-0.15, -0.1) is 0 Å². The third-order valence-electron chi connectivity index (χ3n) is 4.91. The fraction of sp³-hybridized carbons (Fsp3) is 0.619. The van der Waals surface area contributed by atoms with Crippen molar-refractivity contribution in [1.29, 1.82) is 0 Å². The van der Waals surface area contributed by atoms with Crippen LogP contribution in [0.5, 0.6) is 0 Å². The summed E-state index contributed by atoms with van der Waals surface area (Å²) in [7, 11) is 0. The van der Waals surface area contributed by atoms with Crippen LogP contribution >= 0.6 is 0 Å². The van der Waals surface area contributed by atoms with Crippen molar-refractivity contribution in [2.75, 3.05) is 0 Å². The molecule has 2 rings (SSSR count). The van der Waals surface area contributed by atoms with Gasteiger partial charge in [0.05, 0.1) is 0 Å². The van der Waals surface area contributed by atoms with Gasteiger partial charge in [-0.25, -0.2) is 0 Å². The summed E-state index contributed by atoms with van der Waals surface area (Å²) in [6.07, 6.45) is 23.4. The molecule has 0 aliphatic heterocycles. The van der Waals surface area contributed by atoms with Crippen LogP contribution in [0.25, 0.3) is 0 Å². The molecule has 2 aliphatic rings. The molecule has 0 nitrogen and oxygen atoms in total. The molecule has 140 valence electrons. The van der Waals surface area contributed by atoms with E-state index < -0.39 is 20.4 Å². The van der Waals surface area contributed by atoms with Crippen molar-refractivity contribution in [3.8, 4) is 0 Å². The average molecular weight is 477 g/mol. The van der Waals surface area contributed by atoms with Crippen LogP contribution in [-0.4, -0.2) is 5.43 Å². The monoisotopic (exact) mass is 474 g/mol. The standard InChI is InChI=1S/C8H18Si.C8H11.C5H5.2ClH.Zr/c1-3-5-7-9-8-6-4-2;1-2-5-8-6-3-4-7-8;1-2-4-5-3-1;;;/h3-8H2,1-2H3;6-7H,2-3,5H2,1H3;1-3H,4H2;2*1H;/q;;;;;+2/p-2. The van der Waals surface area contributed by atoms with Gasteiger partial charge in [-0.1, -0.05) is 0 Å². The van der Waals surface area contributed by atoms with Crippen LogP contribution in [-0.2, 0) is 20.4 Å². The zero-order valence-electron chi connectivity index (χ0n) is 16.2. The van der Waals surface area contributed by atoms with Crippen LogP contribution in [0.15, 0.2) is 42.5 Å². The molecule has 4 heteroatoms. The van der Waals surface area contributed by atoms with E-state index in [1.54, 1.807) is 17.7 Å². The van der Waals surface area contributed by atoms with Gasteiger partial charge in [-0.2, -0.15) is 0 Å². The first-order valence-electron chi connectivity index (χ1n) is 9.78. The largest absolute Gasteiger partial charge is 1.00 e. The molecule has 0 fully saturated rings. The van der Waals surface area contributed by atoms with Crippen LogP contribution in [0.4, 0.5) is 0 Å². The number of allylic oxidation sites excluding steroid dienone is 8. The molecule has 0 spiro atoms. The van der Waals surface area contributed by atoms with Crippen molar-refractivity contribution in [1.82, 2.24) is 0 Å². The van der Waals surface area contributed by atoms with Crippen molar-refractivity contribution < 1.29 is 45.2 Å². The van der Waals surface area contributed by atoms with E-state index in [0.29, 0.717) is 0 Å². The van der Waals surface area contributed by atoms with E-state index in [1.807, 2.05) is 6.56 Å². The molecule has 0 bridgehead atoms. The Morgan fingerprint density at radius 2 is 1.60 bits per heavy atom. The maximum absolute atomic E-state index is 2.67. The van der Waals surface area contributed by atoms with Crippen LogP contribution in [0.3, 0.4) is 0 Å². The first-order chi connectivity index (χ1) is 11.3. The van der Waals surface area contributed by atoms with E-state index in [9.17, 15) is 0 Å². The summed E-state index contributed by atoms with van der Waals surface area (Å²) in [5, 5.41) is 0. The molecular weight excluding hydrogens is 442 g/mol. The summed E-state index contributed by atoms with van der Waals surface area (Å²) >= 11 is -1.57. The number of hydrogen-bond acceptors (Lipinski definition) is 0. The summed E-state index contributed by atoms with van der Waals surface area (Å²) in [4.78, 5) is 0. The Morgan fingerprint density at radius 3 is 2.12 bits per heavy atom. The molecule has 2 aliphatic carbocycles. The number of unbranched alkanes of at least 4 members (excludes halogenated alkanes) is 2. The molecular formula is C21H34Cl2SiZr. The van der Waals surface area contributed by atoms with Crippen LogP contribution in [0, 0.1) is 0 Å². The van der Waals surface area contributed by atoms with Crippen molar-refractivity contribution in [3.63, 3.8) is 0 Å². The number of rotatable bonds is 10. The minimum atomic E-state index is -1.57. The van der Waals surface area contributed by atoms with Crippen molar-refractivity contribution >= 4 is 5.43 Å². The van der Waals surface area contributed by atoms with Crippen LogP contribution in [0.1, 0.15) is 72.1 Å². The van der Waals surface area contributed by atoms with Crippen molar-refractivity contribution in [3.05, 3.63) is 42.5 Å². The summed E-state index contributed by atoms with van der Waals surface area (Å²) in [5.74, 6) is 0. The Kier molecular flexibility index (Phi) is 15.0. The SMILES string of the molecule is CCCC[Si](CCCC)=[Zr+2]([C]1=CC=CC1)[C]1=CC(CCC)=CC1.[Cl-].[Cl-]. The molecule has 25 heavy (non-hydrogen) atoms. The van der Waals surface area contributed by atoms with Gasteiger partial charge in [0.1, 0.15) is 0 Å². The molecule has 0 aromatic heterocycles. The quantitative estimate of drug-likeness (QED) is 0.414. The fourth-order valence-corrected chi connectivity index (χ4v) is 26.0. The zero-order valence-corrected chi connectivity index (χ0v) is 21.2. The molecule has 0 unspecified atom stereocenters. The summed E-state index contributed by atoms with van der Waals surface area (Å²) in [5.41, 5.74) is 1.53. The van der Waals surface area contributed by atoms with Gasteiger partial charge >= 0.3 is 153 Å². The Balaban J connectivity index is 0.00000288. The minimum Gasteiger partial charge on any atom is -1.00 e. The molecule has 0 radical (unpaired) electrons. The molecule has 0 heterocycles. The van der Waals surface area contributed by atoms with Crippen molar-refractivity contribution in [2.24, 2.45) is 0 Å². The number of halogens is 2. The van der Waals surface area contributed by atoms with E-state index in [1.165, 1.54) is 51.4 Å². The van der Waals surface area contributed by atoms with Crippen LogP contribution < -0.4 is 24.8 Å². The molecule has 0 aromatic carbocycles. The Bertz CT molecular complexity index is 546. The predicted octanol–water partition coefficient (Wildman–Crippen LogP) is 1.06. The maximum atomic E-state index is 2.67. The molecule has 0 saturated carbocycles. The van der Waals surface area contributed by atoms with Gasteiger partial charge in [0, 0.05) is 0 Å². The second kappa shape index (κ2) is 14.7. The van der Waals surface area contributed by atoms with Crippen LogP contribution in [0.2, 0.25) is 12.1 Å². The topological polar surface area (TPSA) is 0 Å². The van der Waals surface area contributed by atoms with E-state index >= 15 is 0 Å². The van der Waals surface area contributed by atoms with Gasteiger partial charge < -0.3 is 24.8 Å². The smallest absolute Gasteiger partial charge is 1.00 e. The van der Waals surface area contributed by atoms with E-state index in [4.69, 9.17) is 0 Å². The first-order valence-corrected chi connectivity index (χ1v) is 17.8. The Labute approximate surface area is 176 Å².